The van der Waals surface area contributed by atoms with Crippen LogP contribution in [-0.4, -0.2) is 12.4 Å². The van der Waals surface area contributed by atoms with Crippen LogP contribution in [0.4, 0.5) is 26.3 Å². The second-order valence-electron chi connectivity index (χ2n) is 5.90. The summed E-state index contributed by atoms with van der Waals surface area (Å²) in [4.78, 5) is 0. The van der Waals surface area contributed by atoms with Gasteiger partial charge in [0.05, 0.1) is 5.57 Å². The molecule has 120 valence electrons. The monoisotopic (exact) mass is 323 g/mol. The van der Waals surface area contributed by atoms with Gasteiger partial charge < -0.3 is 0 Å². The van der Waals surface area contributed by atoms with Gasteiger partial charge in [-0.15, -0.1) is 0 Å². The fraction of sp³-hybridized carbons (Fsp3) is 0.562. The molecule has 3 fully saturated rings. The topological polar surface area (TPSA) is 0 Å². The van der Waals surface area contributed by atoms with Crippen molar-refractivity contribution in [2.75, 3.05) is 0 Å². The lowest BCUT2D eigenvalue weighted by molar-refractivity contribution is -0.0949. The molecule has 0 atom stereocenters. The predicted octanol–water partition coefficient (Wildman–Crippen LogP) is 5.69. The minimum absolute atomic E-state index is 0.0840. The molecule has 3 saturated carbocycles. The second-order valence-corrected chi connectivity index (χ2v) is 5.90. The van der Waals surface area contributed by atoms with Gasteiger partial charge in [-0.05, 0) is 31.6 Å². The van der Waals surface area contributed by atoms with Crippen LogP contribution < -0.4 is 0 Å². The van der Waals surface area contributed by atoms with Crippen molar-refractivity contribution < 1.29 is 29.1 Å². The van der Waals surface area contributed by atoms with E-state index in [9.17, 15) is 26.3 Å². The van der Waals surface area contributed by atoms with Crippen molar-refractivity contribution in [2.45, 2.75) is 44.4 Å². The van der Waals surface area contributed by atoms with Crippen molar-refractivity contribution in [3.05, 3.63) is 40.9 Å². The third-order valence-corrected chi connectivity index (χ3v) is 4.39. The van der Waals surface area contributed by atoms with E-state index in [1.807, 2.05) is 0 Å². The zero-order chi connectivity index (χ0) is 17.9. The lowest BCUT2D eigenvalue weighted by atomic mass is 9.66. The summed E-state index contributed by atoms with van der Waals surface area (Å²) in [6.07, 6.45) is -7.86. The molecule has 22 heavy (non-hydrogen) atoms. The highest BCUT2D eigenvalue weighted by Gasteiger charge is 2.47. The van der Waals surface area contributed by atoms with Gasteiger partial charge in [0.15, 0.2) is 0 Å². The molecule has 0 aromatic carbocycles. The summed E-state index contributed by atoms with van der Waals surface area (Å²) in [5, 5.41) is 0. The SMILES string of the molecule is [2H]C1([2H])/C(=C2/C=C(C(F)(F)F)C=C(C(F)(F)F)[CH+]2)C2CCC1CC2. The first kappa shape index (κ1) is 13.1. The van der Waals surface area contributed by atoms with Crippen LogP contribution in [0.25, 0.3) is 0 Å². The van der Waals surface area contributed by atoms with Crippen LogP contribution in [0, 0.1) is 18.3 Å². The number of allylic oxidation sites excluding steroid dienone is 6. The molecule has 0 amide bonds. The molecular formula is C16H15F6+. The molecule has 0 aromatic heterocycles. The van der Waals surface area contributed by atoms with Crippen LogP contribution >= 0.6 is 0 Å². The van der Waals surface area contributed by atoms with Gasteiger partial charge in [0.1, 0.15) is 11.1 Å². The lowest BCUT2D eigenvalue weighted by Crippen LogP contribution is -2.27. The van der Waals surface area contributed by atoms with Crippen LogP contribution in [0.5, 0.6) is 0 Å². The van der Waals surface area contributed by atoms with Crippen LogP contribution in [0.1, 0.15) is 34.8 Å². The average molecular weight is 323 g/mol. The van der Waals surface area contributed by atoms with Crippen LogP contribution in [0.15, 0.2) is 34.4 Å². The maximum atomic E-state index is 13.0. The van der Waals surface area contributed by atoms with E-state index in [0.717, 1.165) is 0 Å². The molecule has 0 heterocycles. The zero-order valence-electron chi connectivity index (χ0n) is 13.5. The summed E-state index contributed by atoms with van der Waals surface area (Å²) in [5.74, 6) is -0.643. The number of alkyl halides is 6. The van der Waals surface area contributed by atoms with E-state index in [-0.39, 0.29) is 29.1 Å². The molecule has 4 rings (SSSR count). The minimum atomic E-state index is -4.92. The number of rotatable bonds is 0. The Morgan fingerprint density at radius 3 is 2.09 bits per heavy atom. The van der Waals surface area contributed by atoms with Gasteiger partial charge in [0.25, 0.3) is 0 Å². The summed E-state index contributed by atoms with van der Waals surface area (Å²) < 4.78 is 94.5. The summed E-state index contributed by atoms with van der Waals surface area (Å²) in [7, 11) is 0. The van der Waals surface area contributed by atoms with E-state index in [0.29, 0.717) is 38.2 Å². The highest BCUT2D eigenvalue weighted by atomic mass is 19.4. The van der Waals surface area contributed by atoms with Crippen molar-refractivity contribution in [3.63, 3.8) is 0 Å². The Labute approximate surface area is 127 Å². The van der Waals surface area contributed by atoms with E-state index in [1.165, 1.54) is 0 Å². The molecule has 0 radical (unpaired) electrons. The van der Waals surface area contributed by atoms with E-state index in [4.69, 9.17) is 2.74 Å². The molecule has 0 spiro atoms. The first-order valence-corrected chi connectivity index (χ1v) is 7.08. The number of fused-ring (bicyclic) bond motifs is 3. The lowest BCUT2D eigenvalue weighted by Gasteiger charge is -2.36. The molecule has 0 saturated heterocycles. The Bertz CT molecular complexity index is 628. The van der Waals surface area contributed by atoms with Gasteiger partial charge >= 0.3 is 12.4 Å². The first-order valence-electron chi connectivity index (χ1n) is 8.08. The molecule has 0 aromatic rings. The molecule has 0 unspecified atom stereocenters. The highest BCUT2D eigenvalue weighted by molar-refractivity contribution is 5.54. The number of hydrogen-bond donors (Lipinski definition) is 0. The third kappa shape index (κ3) is 2.92. The van der Waals surface area contributed by atoms with Gasteiger partial charge in [-0.1, -0.05) is 0 Å². The van der Waals surface area contributed by atoms with Gasteiger partial charge in [0.2, 0.25) is 0 Å². The van der Waals surface area contributed by atoms with Gasteiger partial charge in [-0.25, -0.2) is 0 Å². The Morgan fingerprint density at radius 2 is 1.59 bits per heavy atom. The quantitative estimate of drug-likeness (QED) is 0.397. The van der Waals surface area contributed by atoms with E-state index < -0.39 is 29.9 Å². The predicted molar refractivity (Wildman–Crippen MR) is 69.7 cm³/mol. The molecule has 0 N–H and O–H groups in total. The average Bonchev–Trinajstić information content (AvgIpc) is 2.45. The zero-order valence-corrected chi connectivity index (χ0v) is 11.5. The first-order chi connectivity index (χ1) is 10.9. The fourth-order valence-corrected chi connectivity index (χ4v) is 3.29. The molecule has 6 heteroatoms. The van der Waals surface area contributed by atoms with Crippen molar-refractivity contribution in [3.8, 4) is 0 Å². The summed E-state index contributed by atoms with van der Waals surface area (Å²) in [6, 6.07) is 0. The van der Waals surface area contributed by atoms with Gasteiger partial charge in [-0.2, -0.15) is 26.3 Å². The van der Waals surface area contributed by atoms with Crippen LogP contribution in [0.3, 0.4) is 0 Å². The molecule has 4 aliphatic carbocycles. The summed E-state index contributed by atoms with van der Waals surface area (Å²) in [6.45, 7) is 0. The Hall–Kier alpha value is -1.33. The molecule has 0 nitrogen and oxygen atoms in total. The molecule has 4 aliphatic rings. The van der Waals surface area contributed by atoms with Gasteiger partial charge in [-0.3, -0.25) is 0 Å². The van der Waals surface area contributed by atoms with Crippen molar-refractivity contribution in [2.24, 2.45) is 11.8 Å². The Kier molecular flexibility index (Phi) is 3.05. The molecular weight excluding hydrogens is 306 g/mol. The van der Waals surface area contributed by atoms with Gasteiger partial charge in [0, 0.05) is 39.2 Å². The normalized spacial score (nSPS) is 36.1. The van der Waals surface area contributed by atoms with Crippen LogP contribution in [0.2, 0.25) is 0 Å². The highest BCUT2D eigenvalue weighted by Crippen LogP contribution is 2.48. The van der Waals surface area contributed by atoms with Crippen molar-refractivity contribution >= 4 is 0 Å². The number of hydrogen-bond acceptors (Lipinski definition) is 0. The molecule has 2 bridgehead atoms. The van der Waals surface area contributed by atoms with E-state index in [2.05, 4.69) is 0 Å². The smallest absolute Gasteiger partial charge is 0.164 e. The minimum Gasteiger partial charge on any atom is -0.164 e. The standard InChI is InChI=1S/C16H15F6/c17-15(18,19)12-6-11(7-13(8-12)16(20,21)22)14-5-9-1-3-10(14)4-2-9/h6-10H,1-5H2/q+1/i5D2. The van der Waals surface area contributed by atoms with E-state index >= 15 is 0 Å². The van der Waals surface area contributed by atoms with Crippen molar-refractivity contribution in [1.29, 1.82) is 0 Å². The second kappa shape index (κ2) is 5.10. The Balaban J connectivity index is 2.14. The van der Waals surface area contributed by atoms with E-state index in [1.54, 1.807) is 0 Å². The Morgan fingerprint density at radius 1 is 0.955 bits per heavy atom. The maximum Gasteiger partial charge on any atom is 0.434 e. The van der Waals surface area contributed by atoms with Crippen LogP contribution in [-0.2, 0) is 0 Å². The maximum absolute atomic E-state index is 13.0. The third-order valence-electron chi connectivity index (χ3n) is 4.39. The summed E-state index contributed by atoms with van der Waals surface area (Å²) in [5.41, 5.74) is -2.95. The summed E-state index contributed by atoms with van der Waals surface area (Å²) >= 11 is 0. The largest absolute Gasteiger partial charge is 0.434 e. The van der Waals surface area contributed by atoms with Crippen molar-refractivity contribution in [1.82, 2.24) is 0 Å². The fourth-order valence-electron chi connectivity index (χ4n) is 3.29. The number of halogens is 6. The molecule has 0 aliphatic heterocycles.